The minimum atomic E-state index is 0.181. The van der Waals surface area contributed by atoms with Crippen LogP contribution >= 0.6 is 0 Å². The summed E-state index contributed by atoms with van der Waals surface area (Å²) in [4.78, 5) is 0. The Bertz CT molecular complexity index is 412. The number of nitrogens with one attached hydrogen (secondary N) is 1. The lowest BCUT2D eigenvalue weighted by Gasteiger charge is -2.27. The number of phenols is 1. The molecular weight excluding hydrogens is 246 g/mol. The van der Waals surface area contributed by atoms with E-state index in [0.29, 0.717) is 11.2 Å². The standard InChI is InChI=1S/C18H31NO/c1-6-7-8-11-18(4,5)13-19-15(3)16-12-14(2)9-10-17(16)20/h9-10,12,15,19-20H,6-8,11,13H2,1-5H3. The topological polar surface area (TPSA) is 32.3 Å². The first-order valence-electron chi connectivity index (χ1n) is 7.88. The predicted molar refractivity (Wildman–Crippen MR) is 87.2 cm³/mol. The molecular formula is C18H31NO. The second-order valence-electron chi connectivity index (χ2n) is 6.79. The third kappa shape index (κ3) is 5.54. The van der Waals surface area contributed by atoms with Crippen molar-refractivity contribution in [2.45, 2.75) is 66.3 Å². The molecule has 0 amide bonds. The number of aryl methyl sites for hydroxylation is 1. The molecule has 1 aromatic carbocycles. The van der Waals surface area contributed by atoms with Crippen molar-refractivity contribution in [1.82, 2.24) is 5.32 Å². The van der Waals surface area contributed by atoms with Crippen molar-refractivity contribution in [1.29, 1.82) is 0 Å². The number of hydrogen-bond acceptors (Lipinski definition) is 2. The molecule has 0 spiro atoms. The molecule has 1 aromatic rings. The molecule has 1 unspecified atom stereocenters. The van der Waals surface area contributed by atoms with E-state index in [2.05, 4.69) is 46.0 Å². The maximum absolute atomic E-state index is 9.97. The van der Waals surface area contributed by atoms with Gasteiger partial charge in [0.15, 0.2) is 0 Å². The number of benzene rings is 1. The summed E-state index contributed by atoms with van der Waals surface area (Å²) in [5.74, 6) is 0.388. The summed E-state index contributed by atoms with van der Waals surface area (Å²) in [6.07, 6.45) is 5.14. The second-order valence-corrected chi connectivity index (χ2v) is 6.79. The molecule has 0 aromatic heterocycles. The molecule has 0 aliphatic rings. The van der Waals surface area contributed by atoms with Crippen LogP contribution in [0, 0.1) is 12.3 Å². The molecule has 0 bridgehead atoms. The maximum atomic E-state index is 9.97. The molecule has 0 radical (unpaired) electrons. The zero-order valence-corrected chi connectivity index (χ0v) is 13.8. The van der Waals surface area contributed by atoms with Gasteiger partial charge in [0.1, 0.15) is 5.75 Å². The molecule has 2 nitrogen and oxygen atoms in total. The van der Waals surface area contributed by atoms with Crippen molar-refractivity contribution in [3.05, 3.63) is 29.3 Å². The van der Waals surface area contributed by atoms with Crippen LogP contribution in [0.15, 0.2) is 18.2 Å². The number of aromatic hydroxyl groups is 1. The van der Waals surface area contributed by atoms with Crippen molar-refractivity contribution in [2.75, 3.05) is 6.54 Å². The van der Waals surface area contributed by atoms with Gasteiger partial charge >= 0.3 is 0 Å². The summed E-state index contributed by atoms with van der Waals surface area (Å²) >= 11 is 0. The predicted octanol–water partition coefficient (Wildman–Crippen LogP) is 4.96. The second kappa shape index (κ2) is 7.68. The van der Waals surface area contributed by atoms with Gasteiger partial charge in [-0.05, 0) is 31.7 Å². The fourth-order valence-electron chi connectivity index (χ4n) is 2.50. The summed E-state index contributed by atoms with van der Waals surface area (Å²) in [5, 5.41) is 13.5. The Kier molecular flexibility index (Phi) is 6.54. The average Bonchev–Trinajstić information content (AvgIpc) is 2.39. The van der Waals surface area contributed by atoms with Crippen molar-refractivity contribution < 1.29 is 5.11 Å². The molecule has 0 aliphatic carbocycles. The Hall–Kier alpha value is -1.02. The Morgan fingerprint density at radius 2 is 1.95 bits per heavy atom. The van der Waals surface area contributed by atoms with Gasteiger partial charge in [-0.1, -0.05) is 57.7 Å². The molecule has 0 saturated heterocycles. The van der Waals surface area contributed by atoms with Gasteiger partial charge < -0.3 is 10.4 Å². The highest BCUT2D eigenvalue weighted by atomic mass is 16.3. The van der Waals surface area contributed by atoms with E-state index in [1.165, 1.54) is 31.2 Å². The lowest BCUT2D eigenvalue weighted by molar-refractivity contribution is 0.289. The summed E-state index contributed by atoms with van der Waals surface area (Å²) in [5.41, 5.74) is 2.49. The summed E-state index contributed by atoms with van der Waals surface area (Å²) in [7, 11) is 0. The average molecular weight is 277 g/mol. The van der Waals surface area contributed by atoms with Gasteiger partial charge in [0.25, 0.3) is 0 Å². The quantitative estimate of drug-likeness (QED) is 0.658. The number of hydrogen-bond donors (Lipinski definition) is 2. The Morgan fingerprint density at radius 1 is 1.25 bits per heavy atom. The van der Waals surface area contributed by atoms with Gasteiger partial charge in [0.2, 0.25) is 0 Å². The SMILES string of the molecule is CCCCCC(C)(C)CNC(C)c1cc(C)ccc1O. The van der Waals surface area contributed by atoms with Crippen LogP contribution in [-0.4, -0.2) is 11.7 Å². The third-order valence-electron chi connectivity index (χ3n) is 3.99. The maximum Gasteiger partial charge on any atom is 0.120 e. The van der Waals surface area contributed by atoms with E-state index in [1.807, 2.05) is 6.07 Å². The van der Waals surface area contributed by atoms with Crippen LogP contribution in [0.1, 0.15) is 70.5 Å². The van der Waals surface area contributed by atoms with Gasteiger partial charge in [-0.15, -0.1) is 0 Å². The fraction of sp³-hybridized carbons (Fsp3) is 0.667. The van der Waals surface area contributed by atoms with Crippen LogP contribution in [0.5, 0.6) is 5.75 Å². The largest absolute Gasteiger partial charge is 0.508 e. The minimum Gasteiger partial charge on any atom is -0.508 e. The number of phenolic OH excluding ortho intramolecular Hbond substituents is 1. The van der Waals surface area contributed by atoms with E-state index < -0.39 is 0 Å². The molecule has 20 heavy (non-hydrogen) atoms. The minimum absolute atomic E-state index is 0.181. The highest BCUT2D eigenvalue weighted by molar-refractivity contribution is 5.37. The molecule has 0 fully saturated rings. The van der Waals surface area contributed by atoms with Crippen molar-refractivity contribution >= 4 is 0 Å². The van der Waals surface area contributed by atoms with Crippen LogP contribution in [0.3, 0.4) is 0 Å². The molecule has 0 saturated carbocycles. The Labute approximate surface area is 124 Å². The van der Waals surface area contributed by atoms with Crippen molar-refractivity contribution in [2.24, 2.45) is 5.41 Å². The summed E-state index contributed by atoms with van der Waals surface area (Å²) in [6.45, 7) is 12.0. The highest BCUT2D eigenvalue weighted by Gasteiger charge is 2.19. The van der Waals surface area contributed by atoms with E-state index in [1.54, 1.807) is 6.07 Å². The van der Waals surface area contributed by atoms with Crippen LogP contribution in [-0.2, 0) is 0 Å². The summed E-state index contributed by atoms with van der Waals surface area (Å²) in [6, 6.07) is 5.98. The van der Waals surface area contributed by atoms with Gasteiger partial charge in [0.05, 0.1) is 0 Å². The fourth-order valence-corrected chi connectivity index (χ4v) is 2.50. The van der Waals surface area contributed by atoms with Gasteiger partial charge in [0, 0.05) is 18.2 Å². The van der Waals surface area contributed by atoms with Crippen LogP contribution in [0.2, 0.25) is 0 Å². The van der Waals surface area contributed by atoms with E-state index in [-0.39, 0.29) is 6.04 Å². The lowest BCUT2D eigenvalue weighted by Crippen LogP contribution is -2.31. The summed E-state index contributed by atoms with van der Waals surface area (Å²) < 4.78 is 0. The van der Waals surface area contributed by atoms with E-state index in [0.717, 1.165) is 12.1 Å². The van der Waals surface area contributed by atoms with E-state index in [9.17, 15) is 5.11 Å². The van der Waals surface area contributed by atoms with Crippen LogP contribution in [0.25, 0.3) is 0 Å². The first-order chi connectivity index (χ1) is 9.35. The van der Waals surface area contributed by atoms with Gasteiger partial charge in [-0.25, -0.2) is 0 Å². The van der Waals surface area contributed by atoms with Gasteiger partial charge in [-0.2, -0.15) is 0 Å². The zero-order chi connectivity index (χ0) is 15.2. The number of unbranched alkanes of at least 4 members (excludes halogenated alkanes) is 2. The van der Waals surface area contributed by atoms with Crippen LogP contribution < -0.4 is 5.32 Å². The lowest BCUT2D eigenvalue weighted by atomic mass is 9.86. The molecule has 114 valence electrons. The third-order valence-corrected chi connectivity index (χ3v) is 3.99. The first-order valence-corrected chi connectivity index (χ1v) is 7.88. The molecule has 0 heterocycles. The molecule has 2 heteroatoms. The molecule has 0 aliphatic heterocycles. The first kappa shape index (κ1) is 17.0. The monoisotopic (exact) mass is 277 g/mol. The smallest absolute Gasteiger partial charge is 0.120 e. The Balaban J connectivity index is 2.53. The molecule has 1 rings (SSSR count). The van der Waals surface area contributed by atoms with Gasteiger partial charge in [-0.3, -0.25) is 0 Å². The normalized spacial score (nSPS) is 13.4. The zero-order valence-electron chi connectivity index (χ0n) is 13.8. The molecule has 1 atom stereocenters. The van der Waals surface area contributed by atoms with E-state index >= 15 is 0 Å². The molecule has 2 N–H and O–H groups in total. The number of rotatable bonds is 8. The highest BCUT2D eigenvalue weighted by Crippen LogP contribution is 2.27. The van der Waals surface area contributed by atoms with Crippen LogP contribution in [0.4, 0.5) is 0 Å². The van der Waals surface area contributed by atoms with Crippen molar-refractivity contribution in [3.63, 3.8) is 0 Å². The van der Waals surface area contributed by atoms with E-state index in [4.69, 9.17) is 0 Å². The Morgan fingerprint density at radius 3 is 2.60 bits per heavy atom. The van der Waals surface area contributed by atoms with Crippen molar-refractivity contribution in [3.8, 4) is 5.75 Å².